The fourth-order valence-electron chi connectivity index (χ4n) is 3.54. The van der Waals surface area contributed by atoms with E-state index in [0.29, 0.717) is 17.9 Å². The van der Waals surface area contributed by atoms with Crippen molar-refractivity contribution >= 4 is 5.97 Å². The minimum absolute atomic E-state index is 0.0276. The Bertz CT molecular complexity index is 304. The third-order valence-corrected chi connectivity index (χ3v) is 5.08. The fourth-order valence-corrected chi connectivity index (χ4v) is 3.54. The van der Waals surface area contributed by atoms with Gasteiger partial charge in [0.2, 0.25) is 0 Å². The first-order chi connectivity index (χ1) is 9.02. The van der Waals surface area contributed by atoms with Crippen LogP contribution in [0.1, 0.15) is 65.2 Å². The number of nitrogens with two attached hydrogens (primary N) is 1. The van der Waals surface area contributed by atoms with Crippen molar-refractivity contribution in [2.45, 2.75) is 71.3 Å². The third-order valence-electron chi connectivity index (χ3n) is 5.08. The highest BCUT2D eigenvalue weighted by Crippen LogP contribution is 2.37. The molecule has 2 N–H and O–H groups in total. The summed E-state index contributed by atoms with van der Waals surface area (Å²) in [5.41, 5.74) is 6.22. The second-order valence-electron chi connectivity index (χ2n) is 7.19. The van der Waals surface area contributed by atoms with Gasteiger partial charge in [-0.05, 0) is 56.4 Å². The number of hydrogen-bond donors (Lipinski definition) is 1. The summed E-state index contributed by atoms with van der Waals surface area (Å²) < 4.78 is 5.76. The predicted octanol–water partition coefficient (Wildman–Crippen LogP) is 3.26. The molecular weight excluding hydrogens is 238 g/mol. The van der Waals surface area contributed by atoms with Gasteiger partial charge in [-0.2, -0.15) is 0 Å². The van der Waals surface area contributed by atoms with Crippen LogP contribution in [0.4, 0.5) is 0 Å². The topological polar surface area (TPSA) is 52.3 Å². The molecule has 0 spiro atoms. The number of rotatable bonds is 3. The molecule has 0 bridgehead atoms. The van der Waals surface area contributed by atoms with Crippen molar-refractivity contribution in [2.75, 3.05) is 6.54 Å². The van der Waals surface area contributed by atoms with E-state index in [0.717, 1.165) is 44.9 Å². The van der Waals surface area contributed by atoms with E-state index in [1.165, 1.54) is 6.42 Å². The van der Waals surface area contributed by atoms with E-state index in [4.69, 9.17) is 10.5 Å². The Morgan fingerprint density at radius 2 is 1.79 bits per heavy atom. The van der Waals surface area contributed by atoms with E-state index >= 15 is 0 Å². The first kappa shape index (κ1) is 14.8. The Labute approximate surface area is 117 Å². The van der Waals surface area contributed by atoms with E-state index in [1.807, 2.05) is 0 Å². The molecule has 3 nitrogen and oxygen atoms in total. The van der Waals surface area contributed by atoms with Gasteiger partial charge in [-0.1, -0.05) is 26.7 Å². The van der Waals surface area contributed by atoms with Crippen LogP contribution >= 0.6 is 0 Å². The van der Waals surface area contributed by atoms with Crippen LogP contribution in [-0.4, -0.2) is 18.6 Å². The minimum Gasteiger partial charge on any atom is -0.462 e. The molecular formula is C16H29NO2. The molecule has 2 unspecified atom stereocenters. The average molecular weight is 267 g/mol. The summed E-state index contributed by atoms with van der Waals surface area (Å²) in [7, 11) is 0. The van der Waals surface area contributed by atoms with Gasteiger partial charge in [-0.15, -0.1) is 0 Å². The predicted molar refractivity (Wildman–Crippen MR) is 76.6 cm³/mol. The van der Waals surface area contributed by atoms with E-state index in [1.54, 1.807) is 0 Å². The molecule has 2 rings (SSSR count). The zero-order valence-electron chi connectivity index (χ0n) is 12.5. The first-order valence-electron chi connectivity index (χ1n) is 7.92. The summed E-state index contributed by atoms with van der Waals surface area (Å²) in [5, 5.41) is 0. The first-order valence-corrected chi connectivity index (χ1v) is 7.92. The quantitative estimate of drug-likeness (QED) is 0.798. The van der Waals surface area contributed by atoms with Crippen molar-refractivity contribution in [1.29, 1.82) is 0 Å². The van der Waals surface area contributed by atoms with Crippen molar-refractivity contribution in [3.63, 3.8) is 0 Å². The molecule has 0 aliphatic heterocycles. The van der Waals surface area contributed by atoms with Gasteiger partial charge in [-0.25, -0.2) is 0 Å². The molecule has 19 heavy (non-hydrogen) atoms. The summed E-state index contributed by atoms with van der Waals surface area (Å²) in [6, 6.07) is 0. The van der Waals surface area contributed by atoms with Gasteiger partial charge in [0.25, 0.3) is 0 Å². The van der Waals surface area contributed by atoms with Crippen molar-refractivity contribution in [3.05, 3.63) is 0 Å². The Hall–Kier alpha value is -0.570. The monoisotopic (exact) mass is 267 g/mol. The van der Waals surface area contributed by atoms with Crippen molar-refractivity contribution < 1.29 is 9.53 Å². The molecule has 0 saturated heterocycles. The summed E-state index contributed by atoms with van der Waals surface area (Å²) in [6.07, 6.45) is 8.95. The normalized spacial score (nSPS) is 31.9. The molecule has 0 aromatic carbocycles. The van der Waals surface area contributed by atoms with Crippen LogP contribution < -0.4 is 5.73 Å². The van der Waals surface area contributed by atoms with Gasteiger partial charge in [0.05, 0.1) is 5.92 Å². The molecule has 2 atom stereocenters. The highest BCUT2D eigenvalue weighted by molar-refractivity contribution is 5.73. The zero-order chi connectivity index (χ0) is 13.9. The average Bonchev–Trinajstić information content (AvgIpc) is 2.41. The van der Waals surface area contributed by atoms with Gasteiger partial charge < -0.3 is 10.5 Å². The Kier molecular flexibility index (Phi) is 4.88. The second kappa shape index (κ2) is 6.25. The van der Waals surface area contributed by atoms with Crippen LogP contribution in [0.15, 0.2) is 0 Å². The van der Waals surface area contributed by atoms with E-state index in [2.05, 4.69) is 13.8 Å². The Morgan fingerprint density at radius 1 is 1.16 bits per heavy atom. The second-order valence-corrected chi connectivity index (χ2v) is 7.19. The molecule has 2 aliphatic carbocycles. The maximum atomic E-state index is 12.3. The molecule has 0 heterocycles. The lowest BCUT2D eigenvalue weighted by Crippen LogP contribution is -2.36. The Morgan fingerprint density at radius 3 is 2.42 bits per heavy atom. The van der Waals surface area contributed by atoms with Crippen LogP contribution in [-0.2, 0) is 9.53 Å². The zero-order valence-corrected chi connectivity index (χ0v) is 12.5. The lowest BCUT2D eigenvalue weighted by molar-refractivity contribution is -0.159. The largest absolute Gasteiger partial charge is 0.462 e. The number of ether oxygens (including phenoxy) is 1. The lowest BCUT2D eigenvalue weighted by Gasteiger charge is -2.35. The van der Waals surface area contributed by atoms with Crippen molar-refractivity contribution in [3.8, 4) is 0 Å². The molecule has 0 aromatic heterocycles. The molecule has 2 aliphatic rings. The molecule has 0 amide bonds. The molecule has 110 valence electrons. The van der Waals surface area contributed by atoms with Gasteiger partial charge in [0, 0.05) is 0 Å². The van der Waals surface area contributed by atoms with E-state index < -0.39 is 0 Å². The van der Waals surface area contributed by atoms with Crippen LogP contribution in [0.5, 0.6) is 0 Å². The number of carbonyl (C=O) groups excluding carboxylic acids is 1. The highest BCUT2D eigenvalue weighted by atomic mass is 16.5. The van der Waals surface area contributed by atoms with Crippen molar-refractivity contribution in [2.24, 2.45) is 23.0 Å². The fraction of sp³-hybridized carbons (Fsp3) is 0.938. The van der Waals surface area contributed by atoms with Gasteiger partial charge in [0.1, 0.15) is 6.10 Å². The standard InChI is InChI=1S/C16H29NO2/c1-16(2)9-7-13(8-10-16)19-15(18)14-6-4-3-5-12(14)11-17/h12-14H,3-11,17H2,1-2H3. The summed E-state index contributed by atoms with van der Waals surface area (Å²) in [4.78, 5) is 12.3. The summed E-state index contributed by atoms with van der Waals surface area (Å²) in [5.74, 6) is 0.440. The van der Waals surface area contributed by atoms with Crippen molar-refractivity contribution in [1.82, 2.24) is 0 Å². The van der Waals surface area contributed by atoms with Gasteiger partial charge in [0.15, 0.2) is 0 Å². The SMILES string of the molecule is CC1(C)CCC(OC(=O)C2CCCCC2CN)CC1. The van der Waals surface area contributed by atoms with E-state index in [-0.39, 0.29) is 18.0 Å². The molecule has 2 fully saturated rings. The number of esters is 1. The number of hydrogen-bond acceptors (Lipinski definition) is 3. The minimum atomic E-state index is 0.0276. The molecule has 0 radical (unpaired) electrons. The van der Waals surface area contributed by atoms with Crippen LogP contribution in [0.2, 0.25) is 0 Å². The Balaban J connectivity index is 1.83. The molecule has 0 aromatic rings. The van der Waals surface area contributed by atoms with E-state index in [9.17, 15) is 4.79 Å². The van der Waals surface area contributed by atoms with Crippen LogP contribution in [0.25, 0.3) is 0 Å². The van der Waals surface area contributed by atoms with Crippen LogP contribution in [0.3, 0.4) is 0 Å². The van der Waals surface area contributed by atoms with Crippen LogP contribution in [0, 0.1) is 17.3 Å². The molecule has 3 heteroatoms. The maximum Gasteiger partial charge on any atom is 0.309 e. The maximum absolute atomic E-state index is 12.3. The number of carbonyl (C=O) groups is 1. The molecule has 2 saturated carbocycles. The van der Waals surface area contributed by atoms with Gasteiger partial charge in [-0.3, -0.25) is 4.79 Å². The summed E-state index contributed by atoms with van der Waals surface area (Å²) in [6.45, 7) is 5.23. The smallest absolute Gasteiger partial charge is 0.309 e. The van der Waals surface area contributed by atoms with Gasteiger partial charge >= 0.3 is 5.97 Å². The third kappa shape index (κ3) is 3.95. The summed E-state index contributed by atoms with van der Waals surface area (Å²) >= 11 is 0. The lowest BCUT2D eigenvalue weighted by atomic mass is 9.76. The highest BCUT2D eigenvalue weighted by Gasteiger charge is 2.34.